The van der Waals surface area contributed by atoms with E-state index in [1.807, 2.05) is 0 Å². The van der Waals surface area contributed by atoms with E-state index in [0.29, 0.717) is 25.9 Å². The van der Waals surface area contributed by atoms with Crippen molar-refractivity contribution < 1.29 is 36.3 Å². The Bertz CT molecular complexity index is 961. The van der Waals surface area contributed by atoms with Crippen molar-refractivity contribution in [2.24, 2.45) is 17.6 Å². The van der Waals surface area contributed by atoms with Crippen molar-refractivity contribution in [3.8, 4) is 0 Å². The second kappa shape index (κ2) is 8.13. The average Bonchev–Trinajstić information content (AvgIpc) is 3.05. The molecular formula is C19H23F2N3O6S. The summed E-state index contributed by atoms with van der Waals surface area (Å²) in [5, 5.41) is 0. The highest BCUT2D eigenvalue weighted by molar-refractivity contribution is 7.92. The van der Waals surface area contributed by atoms with Gasteiger partial charge in [0.05, 0.1) is 23.7 Å². The van der Waals surface area contributed by atoms with Crippen molar-refractivity contribution in [2.45, 2.75) is 18.9 Å². The number of carbonyl (C=O) groups is 2. The van der Waals surface area contributed by atoms with Gasteiger partial charge in [-0.1, -0.05) is 0 Å². The third-order valence-electron chi connectivity index (χ3n) is 6.06. The van der Waals surface area contributed by atoms with E-state index in [-0.39, 0.29) is 47.9 Å². The number of nitrogens with two attached hydrogens (primary N) is 1. The zero-order valence-electron chi connectivity index (χ0n) is 16.6. The highest BCUT2D eigenvalue weighted by atomic mass is 32.2. The molecule has 0 unspecified atom stereocenters. The second-order valence-corrected chi connectivity index (χ2v) is 10.3. The lowest BCUT2D eigenvalue weighted by Crippen LogP contribution is -2.46. The second-order valence-electron chi connectivity index (χ2n) is 8.17. The molecule has 0 bridgehead atoms. The van der Waals surface area contributed by atoms with E-state index >= 15 is 0 Å². The van der Waals surface area contributed by atoms with Crippen LogP contribution in [0, 0.1) is 23.5 Å². The number of nitrogens with zero attached hydrogens (tertiary/aromatic N) is 2. The Balaban J connectivity index is 1.41. The molecule has 0 radical (unpaired) electrons. The molecular weight excluding hydrogens is 436 g/mol. The zero-order valence-corrected chi connectivity index (χ0v) is 17.4. The monoisotopic (exact) mass is 459 g/mol. The number of anilines is 2. The molecule has 1 aromatic carbocycles. The minimum absolute atomic E-state index is 0.000106. The van der Waals surface area contributed by atoms with Gasteiger partial charge in [0.25, 0.3) is 0 Å². The van der Waals surface area contributed by atoms with Gasteiger partial charge >= 0.3 is 12.2 Å². The van der Waals surface area contributed by atoms with Gasteiger partial charge in [0, 0.05) is 25.2 Å². The molecule has 0 spiro atoms. The van der Waals surface area contributed by atoms with E-state index < -0.39 is 39.8 Å². The third kappa shape index (κ3) is 4.53. The van der Waals surface area contributed by atoms with Crippen LogP contribution in [0.1, 0.15) is 12.8 Å². The van der Waals surface area contributed by atoms with Gasteiger partial charge in [0.2, 0.25) is 0 Å². The van der Waals surface area contributed by atoms with Crippen molar-refractivity contribution in [3.05, 3.63) is 23.8 Å². The SMILES string of the molecule is NC(=O)OC[C@@H]1CN(c2cc(F)c(N3CCC(C4CS(=O)(=O)C4)CC3)c(F)c2)C(=O)O1. The van der Waals surface area contributed by atoms with Crippen LogP contribution in [0.25, 0.3) is 0 Å². The highest BCUT2D eigenvalue weighted by Crippen LogP contribution is 2.37. The van der Waals surface area contributed by atoms with Crippen LogP contribution < -0.4 is 15.5 Å². The van der Waals surface area contributed by atoms with Crippen molar-refractivity contribution >= 4 is 33.4 Å². The molecule has 3 saturated heterocycles. The average molecular weight is 459 g/mol. The van der Waals surface area contributed by atoms with Crippen LogP contribution in [-0.2, 0) is 19.3 Å². The molecule has 31 heavy (non-hydrogen) atoms. The first-order valence-corrected chi connectivity index (χ1v) is 11.8. The number of hydrogen-bond acceptors (Lipinski definition) is 7. The van der Waals surface area contributed by atoms with E-state index in [1.165, 1.54) is 0 Å². The van der Waals surface area contributed by atoms with Gasteiger partial charge in [-0.25, -0.2) is 26.8 Å². The number of cyclic esters (lactones) is 1. The van der Waals surface area contributed by atoms with Gasteiger partial charge in [-0.3, -0.25) is 4.90 Å². The molecule has 0 aromatic heterocycles. The molecule has 3 aliphatic rings. The Hall–Kier alpha value is -2.63. The predicted octanol–water partition coefficient (Wildman–Crippen LogP) is 1.65. The Labute approximate surface area is 178 Å². The summed E-state index contributed by atoms with van der Waals surface area (Å²) in [6.07, 6.45) is -1.28. The summed E-state index contributed by atoms with van der Waals surface area (Å²) >= 11 is 0. The van der Waals surface area contributed by atoms with Gasteiger partial charge in [0.1, 0.15) is 12.3 Å². The molecule has 170 valence electrons. The quantitative estimate of drug-likeness (QED) is 0.711. The number of benzene rings is 1. The van der Waals surface area contributed by atoms with Crippen LogP contribution in [0.2, 0.25) is 0 Å². The largest absolute Gasteiger partial charge is 0.446 e. The first-order chi connectivity index (χ1) is 14.6. The Kier molecular flexibility index (Phi) is 5.67. The fourth-order valence-electron chi connectivity index (χ4n) is 4.47. The van der Waals surface area contributed by atoms with Gasteiger partial charge < -0.3 is 20.1 Å². The minimum atomic E-state index is -2.90. The summed E-state index contributed by atoms with van der Waals surface area (Å²) in [6, 6.07) is 2.14. The maximum Gasteiger partial charge on any atom is 0.414 e. The van der Waals surface area contributed by atoms with Crippen LogP contribution in [0.4, 0.5) is 29.7 Å². The lowest BCUT2D eigenvalue weighted by Gasteiger charge is -2.40. The normalized spacial score (nSPS) is 24.1. The Morgan fingerprint density at radius 3 is 2.32 bits per heavy atom. The predicted molar refractivity (Wildman–Crippen MR) is 107 cm³/mol. The van der Waals surface area contributed by atoms with E-state index in [9.17, 15) is 26.8 Å². The molecule has 0 saturated carbocycles. The minimum Gasteiger partial charge on any atom is -0.446 e. The molecule has 9 nitrogen and oxygen atoms in total. The summed E-state index contributed by atoms with van der Waals surface area (Å²) in [5.41, 5.74) is 4.72. The number of halogens is 2. The Morgan fingerprint density at radius 2 is 1.77 bits per heavy atom. The topological polar surface area (TPSA) is 119 Å². The number of carbonyl (C=O) groups excluding carboxylic acids is 2. The summed E-state index contributed by atoms with van der Waals surface area (Å²) in [7, 11) is -2.90. The molecule has 3 heterocycles. The first-order valence-electron chi connectivity index (χ1n) is 9.98. The lowest BCUT2D eigenvalue weighted by molar-refractivity contribution is 0.0779. The Morgan fingerprint density at radius 1 is 1.16 bits per heavy atom. The van der Waals surface area contributed by atoms with Gasteiger partial charge in [-0.15, -0.1) is 0 Å². The van der Waals surface area contributed by atoms with Crippen LogP contribution in [0.15, 0.2) is 12.1 Å². The van der Waals surface area contributed by atoms with E-state index in [0.717, 1.165) is 17.0 Å². The van der Waals surface area contributed by atoms with Crippen molar-refractivity contribution in [1.82, 2.24) is 0 Å². The molecule has 4 rings (SSSR count). The van der Waals surface area contributed by atoms with Crippen molar-refractivity contribution in [1.29, 1.82) is 0 Å². The molecule has 2 N–H and O–H groups in total. The lowest BCUT2D eigenvalue weighted by atomic mass is 9.86. The smallest absolute Gasteiger partial charge is 0.414 e. The highest BCUT2D eigenvalue weighted by Gasteiger charge is 2.40. The van der Waals surface area contributed by atoms with Crippen LogP contribution in [0.5, 0.6) is 0 Å². The summed E-state index contributed by atoms with van der Waals surface area (Å²) < 4.78 is 62.1. The van der Waals surface area contributed by atoms with E-state index in [2.05, 4.69) is 4.74 Å². The van der Waals surface area contributed by atoms with Crippen molar-refractivity contribution in [3.63, 3.8) is 0 Å². The maximum absolute atomic E-state index is 14.8. The number of hydrogen-bond donors (Lipinski definition) is 1. The summed E-state index contributed by atoms with van der Waals surface area (Å²) in [4.78, 5) is 25.4. The molecule has 0 aliphatic carbocycles. The number of piperidine rings is 1. The molecule has 2 amide bonds. The molecule has 1 aromatic rings. The molecule has 12 heteroatoms. The van der Waals surface area contributed by atoms with Crippen LogP contribution in [0.3, 0.4) is 0 Å². The fraction of sp³-hybridized carbons (Fsp3) is 0.579. The van der Waals surface area contributed by atoms with Crippen LogP contribution >= 0.6 is 0 Å². The summed E-state index contributed by atoms with van der Waals surface area (Å²) in [6.45, 7) is 0.553. The molecule has 1 atom stereocenters. The number of sulfone groups is 1. The maximum atomic E-state index is 14.8. The standard InChI is InChI=1S/C19H23F2N3O6S/c20-15-5-13(24-7-14(30-19(24)26)8-29-18(22)25)6-16(21)17(15)23-3-1-11(2-4-23)12-9-31(27,28)10-12/h5-6,11-12,14H,1-4,7-10H2,(H2,22,25)/t14-/m0/s1. The number of primary amides is 1. The molecule has 3 aliphatic heterocycles. The first kappa shape index (κ1) is 21.6. The van der Waals surface area contributed by atoms with Gasteiger partial charge in [-0.05, 0) is 24.7 Å². The van der Waals surface area contributed by atoms with Crippen LogP contribution in [-0.4, -0.2) is 64.5 Å². The zero-order chi connectivity index (χ0) is 22.3. The van der Waals surface area contributed by atoms with E-state index in [1.54, 1.807) is 4.90 Å². The summed E-state index contributed by atoms with van der Waals surface area (Å²) in [5.74, 6) is -0.825. The van der Waals surface area contributed by atoms with Crippen molar-refractivity contribution in [2.75, 3.05) is 47.5 Å². The number of amides is 2. The molecule has 3 fully saturated rings. The van der Waals surface area contributed by atoms with E-state index in [4.69, 9.17) is 10.5 Å². The number of rotatable bonds is 5. The fourth-order valence-corrected chi connectivity index (χ4v) is 6.23. The number of ether oxygens (including phenoxy) is 2. The van der Waals surface area contributed by atoms with Gasteiger partial charge in [-0.2, -0.15) is 0 Å². The third-order valence-corrected chi connectivity index (χ3v) is 7.93. The van der Waals surface area contributed by atoms with Gasteiger partial charge in [0.15, 0.2) is 27.6 Å².